The lowest BCUT2D eigenvalue weighted by Crippen LogP contribution is -2.44. The van der Waals surface area contributed by atoms with E-state index in [0.29, 0.717) is 47.8 Å². The van der Waals surface area contributed by atoms with E-state index in [1.165, 1.54) is 0 Å². The van der Waals surface area contributed by atoms with E-state index >= 15 is 0 Å². The number of H-pyrrole nitrogens is 1. The van der Waals surface area contributed by atoms with E-state index in [1.807, 2.05) is 0 Å². The molecule has 0 spiro atoms. The number of aromatic amines is 1. The van der Waals surface area contributed by atoms with Crippen LogP contribution in [0.4, 0.5) is 5.82 Å². The fourth-order valence-electron chi connectivity index (χ4n) is 3.69. The third-order valence-corrected chi connectivity index (χ3v) is 5.66. The molecule has 2 aromatic heterocycles. The second kappa shape index (κ2) is 9.42. The number of hydrogen-bond acceptors (Lipinski definition) is 5. The molecule has 160 valence electrons. The van der Waals surface area contributed by atoms with Gasteiger partial charge in [-0.05, 0) is 67.2 Å². The maximum absolute atomic E-state index is 13.1. The number of carbonyl (C=O) groups excluding carboxylic acids is 3. The molecule has 0 bridgehead atoms. The summed E-state index contributed by atoms with van der Waals surface area (Å²) in [7, 11) is 0. The summed E-state index contributed by atoms with van der Waals surface area (Å²) in [6, 6.07) is 3.52. The molecule has 2 amide bonds. The van der Waals surface area contributed by atoms with Crippen molar-refractivity contribution in [1.29, 1.82) is 0 Å². The molecular formula is C21H25BrN4O4. The number of amides is 2. The standard InChI is InChI=1S/C21H25BrN4O4/c1-4-30-21(29)17-12(2)18(24-13(17)3)20(28)26-9-5-6-14(11-26)19(27)25-16-8-7-15(22)10-23-16/h7-8,10,14,24H,4-6,9,11H2,1-3H3,(H,23,25,27). The Morgan fingerprint density at radius 2 is 2.10 bits per heavy atom. The molecule has 2 aromatic rings. The van der Waals surface area contributed by atoms with Crippen molar-refractivity contribution in [3.05, 3.63) is 45.3 Å². The maximum atomic E-state index is 13.1. The molecule has 0 saturated carbocycles. The molecule has 0 aromatic carbocycles. The summed E-state index contributed by atoms with van der Waals surface area (Å²) < 4.78 is 5.92. The van der Waals surface area contributed by atoms with Gasteiger partial charge < -0.3 is 19.9 Å². The van der Waals surface area contributed by atoms with Gasteiger partial charge in [0, 0.05) is 29.5 Å². The van der Waals surface area contributed by atoms with Crippen LogP contribution in [-0.2, 0) is 9.53 Å². The highest BCUT2D eigenvalue weighted by Gasteiger charge is 2.32. The van der Waals surface area contributed by atoms with Gasteiger partial charge in [-0.15, -0.1) is 0 Å². The van der Waals surface area contributed by atoms with Gasteiger partial charge in [0.25, 0.3) is 5.91 Å². The van der Waals surface area contributed by atoms with E-state index in [0.717, 1.165) is 10.9 Å². The summed E-state index contributed by atoms with van der Waals surface area (Å²) in [5.41, 5.74) is 1.93. The van der Waals surface area contributed by atoms with Crippen LogP contribution in [0.1, 0.15) is 51.9 Å². The van der Waals surface area contributed by atoms with E-state index in [2.05, 4.69) is 31.2 Å². The third-order valence-electron chi connectivity index (χ3n) is 5.19. The van der Waals surface area contributed by atoms with E-state index in [4.69, 9.17) is 4.74 Å². The van der Waals surface area contributed by atoms with Crippen molar-refractivity contribution >= 4 is 39.5 Å². The first-order chi connectivity index (χ1) is 14.3. The van der Waals surface area contributed by atoms with E-state index < -0.39 is 5.97 Å². The molecule has 3 rings (SSSR count). The summed E-state index contributed by atoms with van der Waals surface area (Å²) in [6.07, 6.45) is 3.04. The molecule has 1 fully saturated rings. The fourth-order valence-corrected chi connectivity index (χ4v) is 3.92. The van der Waals surface area contributed by atoms with Crippen LogP contribution < -0.4 is 5.32 Å². The van der Waals surface area contributed by atoms with Crippen molar-refractivity contribution < 1.29 is 19.1 Å². The van der Waals surface area contributed by atoms with Crippen LogP contribution in [0.25, 0.3) is 0 Å². The predicted molar refractivity (Wildman–Crippen MR) is 115 cm³/mol. The summed E-state index contributed by atoms with van der Waals surface area (Å²) in [4.78, 5) is 46.9. The van der Waals surface area contributed by atoms with E-state index in [1.54, 1.807) is 44.0 Å². The first-order valence-electron chi connectivity index (χ1n) is 9.89. The van der Waals surface area contributed by atoms with Gasteiger partial charge in [-0.3, -0.25) is 9.59 Å². The molecular weight excluding hydrogens is 452 g/mol. The van der Waals surface area contributed by atoms with Crippen LogP contribution in [0, 0.1) is 19.8 Å². The average molecular weight is 477 g/mol. The van der Waals surface area contributed by atoms with Crippen molar-refractivity contribution in [1.82, 2.24) is 14.9 Å². The Morgan fingerprint density at radius 3 is 2.77 bits per heavy atom. The Morgan fingerprint density at radius 1 is 1.33 bits per heavy atom. The van der Waals surface area contributed by atoms with E-state index in [-0.39, 0.29) is 24.3 Å². The number of nitrogens with one attached hydrogen (secondary N) is 2. The number of esters is 1. The Kier molecular flexibility index (Phi) is 6.91. The average Bonchev–Trinajstić information content (AvgIpc) is 3.03. The van der Waals surface area contributed by atoms with Crippen LogP contribution in [0.15, 0.2) is 22.8 Å². The number of nitrogens with zero attached hydrogens (tertiary/aromatic N) is 2. The van der Waals surface area contributed by atoms with Gasteiger partial charge in [-0.1, -0.05) is 0 Å². The van der Waals surface area contributed by atoms with Gasteiger partial charge >= 0.3 is 5.97 Å². The summed E-state index contributed by atoms with van der Waals surface area (Å²) >= 11 is 3.31. The largest absolute Gasteiger partial charge is 0.462 e. The monoisotopic (exact) mass is 476 g/mol. The Hall–Kier alpha value is -2.68. The topological polar surface area (TPSA) is 104 Å². The Labute approximate surface area is 183 Å². The summed E-state index contributed by atoms with van der Waals surface area (Å²) in [6.45, 7) is 6.36. The minimum Gasteiger partial charge on any atom is -0.462 e. The second-order valence-corrected chi connectivity index (χ2v) is 8.20. The van der Waals surface area contributed by atoms with Gasteiger partial charge in [0.2, 0.25) is 5.91 Å². The minimum atomic E-state index is -0.444. The number of hydrogen-bond donors (Lipinski definition) is 2. The second-order valence-electron chi connectivity index (χ2n) is 7.29. The number of halogens is 1. The van der Waals surface area contributed by atoms with Crippen LogP contribution in [0.5, 0.6) is 0 Å². The SMILES string of the molecule is CCOC(=O)c1c(C)[nH]c(C(=O)N2CCCC(C(=O)Nc3ccc(Br)cn3)C2)c1C. The Balaban J connectivity index is 1.71. The number of aromatic nitrogens is 2. The van der Waals surface area contributed by atoms with Gasteiger partial charge in [0.15, 0.2) is 0 Å². The zero-order chi connectivity index (χ0) is 21.8. The molecule has 3 heterocycles. The molecule has 8 nitrogen and oxygen atoms in total. The van der Waals surface area contributed by atoms with Crippen LogP contribution in [0.3, 0.4) is 0 Å². The van der Waals surface area contributed by atoms with Crippen LogP contribution in [0.2, 0.25) is 0 Å². The number of carbonyl (C=O) groups is 3. The van der Waals surface area contributed by atoms with Crippen LogP contribution >= 0.6 is 15.9 Å². The Bertz CT molecular complexity index is 955. The first-order valence-corrected chi connectivity index (χ1v) is 10.7. The van der Waals surface area contributed by atoms with Crippen molar-refractivity contribution in [3.63, 3.8) is 0 Å². The zero-order valence-corrected chi connectivity index (χ0v) is 18.8. The summed E-state index contributed by atoms with van der Waals surface area (Å²) in [5, 5.41) is 2.81. The molecule has 0 radical (unpaired) electrons. The van der Waals surface area contributed by atoms with Gasteiger partial charge in [-0.2, -0.15) is 0 Å². The molecule has 1 aliphatic rings. The van der Waals surface area contributed by atoms with Gasteiger partial charge in [0.1, 0.15) is 11.5 Å². The van der Waals surface area contributed by atoms with E-state index in [9.17, 15) is 14.4 Å². The molecule has 0 aliphatic carbocycles. The number of anilines is 1. The highest BCUT2D eigenvalue weighted by Crippen LogP contribution is 2.24. The first kappa shape index (κ1) is 22.0. The summed E-state index contributed by atoms with van der Waals surface area (Å²) in [5.74, 6) is -0.671. The number of piperidine rings is 1. The third kappa shape index (κ3) is 4.72. The van der Waals surface area contributed by atoms with Crippen molar-refractivity contribution in [2.24, 2.45) is 5.92 Å². The molecule has 1 saturated heterocycles. The smallest absolute Gasteiger partial charge is 0.340 e. The fraction of sp³-hybridized carbons (Fsp3) is 0.429. The number of pyridine rings is 1. The highest BCUT2D eigenvalue weighted by atomic mass is 79.9. The number of aryl methyl sites for hydroxylation is 1. The van der Waals surface area contributed by atoms with Crippen molar-refractivity contribution in [2.45, 2.75) is 33.6 Å². The lowest BCUT2D eigenvalue weighted by Gasteiger charge is -2.32. The quantitative estimate of drug-likeness (QED) is 0.642. The molecule has 2 N–H and O–H groups in total. The van der Waals surface area contributed by atoms with Gasteiger partial charge in [0.05, 0.1) is 18.1 Å². The molecule has 9 heteroatoms. The van der Waals surface area contributed by atoms with Crippen LogP contribution in [-0.4, -0.2) is 52.3 Å². The molecule has 30 heavy (non-hydrogen) atoms. The number of rotatable bonds is 5. The predicted octanol–water partition coefficient (Wildman–Crippen LogP) is 3.46. The molecule has 1 unspecified atom stereocenters. The minimum absolute atomic E-state index is 0.158. The molecule has 1 atom stereocenters. The van der Waals surface area contributed by atoms with Crippen molar-refractivity contribution in [2.75, 3.05) is 25.0 Å². The number of ether oxygens (including phenoxy) is 1. The normalized spacial score (nSPS) is 16.3. The maximum Gasteiger partial charge on any atom is 0.340 e. The lowest BCUT2D eigenvalue weighted by molar-refractivity contribution is -0.121. The van der Waals surface area contributed by atoms with Gasteiger partial charge in [-0.25, -0.2) is 9.78 Å². The molecule has 1 aliphatic heterocycles. The zero-order valence-electron chi connectivity index (χ0n) is 17.3. The van der Waals surface area contributed by atoms with Crippen molar-refractivity contribution in [3.8, 4) is 0 Å². The highest BCUT2D eigenvalue weighted by molar-refractivity contribution is 9.10. The number of likely N-dealkylation sites (tertiary alicyclic amines) is 1. The lowest BCUT2D eigenvalue weighted by atomic mass is 9.96.